The predicted octanol–water partition coefficient (Wildman–Crippen LogP) is 3.98. The second kappa shape index (κ2) is 7.21. The van der Waals surface area contributed by atoms with Gasteiger partial charge in [0, 0.05) is 11.9 Å². The third-order valence-electron chi connectivity index (χ3n) is 4.00. The summed E-state index contributed by atoms with van der Waals surface area (Å²) in [4.78, 5) is 12.5. The quantitative estimate of drug-likeness (QED) is 0.640. The first kappa shape index (κ1) is 16.1. The van der Waals surface area contributed by atoms with Crippen LogP contribution in [-0.4, -0.2) is 17.6 Å². The summed E-state index contributed by atoms with van der Waals surface area (Å²) in [6.07, 6.45) is 5.92. The number of nitrogens with zero attached hydrogens (tertiary/aromatic N) is 1. The molecule has 0 bridgehead atoms. The molecule has 3 rings (SSSR count). The SMILES string of the molecule is CCCCCCNC(=O)c1c(-c2coc3ccccc23)noc1N. The van der Waals surface area contributed by atoms with Crippen LogP contribution >= 0.6 is 0 Å². The minimum Gasteiger partial charge on any atom is -0.464 e. The maximum Gasteiger partial charge on any atom is 0.259 e. The smallest absolute Gasteiger partial charge is 0.259 e. The maximum atomic E-state index is 12.5. The number of anilines is 1. The molecule has 0 aliphatic heterocycles. The van der Waals surface area contributed by atoms with Crippen molar-refractivity contribution in [2.45, 2.75) is 32.6 Å². The number of carbonyl (C=O) groups is 1. The lowest BCUT2D eigenvalue weighted by Gasteiger charge is -2.05. The van der Waals surface area contributed by atoms with Gasteiger partial charge < -0.3 is 20.0 Å². The van der Waals surface area contributed by atoms with Crippen molar-refractivity contribution in [3.05, 3.63) is 36.1 Å². The summed E-state index contributed by atoms with van der Waals surface area (Å²) in [6, 6.07) is 7.55. The minimum absolute atomic E-state index is 0.0151. The Hall–Kier alpha value is -2.76. The fraction of sp³-hybridized carbons (Fsp3) is 0.333. The molecule has 3 aromatic rings. The van der Waals surface area contributed by atoms with Crippen LogP contribution in [0.15, 0.2) is 39.5 Å². The molecule has 0 saturated carbocycles. The van der Waals surface area contributed by atoms with Crippen molar-refractivity contribution in [2.24, 2.45) is 0 Å². The van der Waals surface area contributed by atoms with Gasteiger partial charge in [0.15, 0.2) is 0 Å². The highest BCUT2D eigenvalue weighted by atomic mass is 16.5. The van der Waals surface area contributed by atoms with E-state index in [9.17, 15) is 4.79 Å². The Kier molecular flexibility index (Phi) is 4.84. The van der Waals surface area contributed by atoms with E-state index < -0.39 is 0 Å². The van der Waals surface area contributed by atoms with E-state index in [1.165, 1.54) is 0 Å². The number of benzene rings is 1. The van der Waals surface area contributed by atoms with Gasteiger partial charge in [-0.05, 0) is 12.5 Å². The third-order valence-corrected chi connectivity index (χ3v) is 4.00. The summed E-state index contributed by atoms with van der Waals surface area (Å²) in [5, 5.41) is 7.72. The minimum atomic E-state index is -0.273. The Bertz CT molecular complexity index is 835. The summed E-state index contributed by atoms with van der Waals surface area (Å²) in [5.41, 5.74) is 7.91. The zero-order valence-electron chi connectivity index (χ0n) is 13.7. The summed E-state index contributed by atoms with van der Waals surface area (Å²) >= 11 is 0. The molecular formula is C18H21N3O3. The van der Waals surface area contributed by atoms with E-state index in [4.69, 9.17) is 14.7 Å². The first-order valence-corrected chi connectivity index (χ1v) is 8.22. The van der Waals surface area contributed by atoms with E-state index in [1.807, 2.05) is 24.3 Å². The molecule has 2 aromatic heterocycles. The summed E-state index contributed by atoms with van der Waals surface area (Å²) in [7, 11) is 0. The molecule has 0 unspecified atom stereocenters. The van der Waals surface area contributed by atoms with Crippen LogP contribution in [0.5, 0.6) is 0 Å². The highest BCUT2D eigenvalue weighted by molar-refractivity contribution is 6.06. The number of amides is 1. The molecule has 3 N–H and O–H groups in total. The van der Waals surface area contributed by atoms with Crippen molar-refractivity contribution < 1.29 is 13.7 Å². The van der Waals surface area contributed by atoms with Crippen molar-refractivity contribution >= 4 is 22.8 Å². The number of fused-ring (bicyclic) bond motifs is 1. The van der Waals surface area contributed by atoms with Crippen LogP contribution in [0.4, 0.5) is 5.88 Å². The number of hydrogen-bond acceptors (Lipinski definition) is 5. The van der Waals surface area contributed by atoms with Crippen molar-refractivity contribution in [2.75, 3.05) is 12.3 Å². The number of furan rings is 1. The zero-order valence-corrected chi connectivity index (χ0v) is 13.7. The van der Waals surface area contributed by atoms with E-state index >= 15 is 0 Å². The van der Waals surface area contributed by atoms with Gasteiger partial charge in [-0.15, -0.1) is 0 Å². The number of nitrogens with two attached hydrogens (primary N) is 1. The number of unbranched alkanes of at least 4 members (excludes halogenated alkanes) is 3. The van der Waals surface area contributed by atoms with E-state index in [-0.39, 0.29) is 17.4 Å². The average Bonchev–Trinajstić information content (AvgIpc) is 3.17. The molecule has 0 atom stereocenters. The predicted molar refractivity (Wildman–Crippen MR) is 92.6 cm³/mol. The number of aromatic nitrogens is 1. The van der Waals surface area contributed by atoms with Gasteiger partial charge in [0.2, 0.25) is 5.88 Å². The van der Waals surface area contributed by atoms with E-state index in [0.29, 0.717) is 17.8 Å². The van der Waals surface area contributed by atoms with E-state index in [2.05, 4.69) is 17.4 Å². The van der Waals surface area contributed by atoms with Crippen LogP contribution in [0.25, 0.3) is 22.2 Å². The topological polar surface area (TPSA) is 94.3 Å². The first-order valence-electron chi connectivity index (χ1n) is 8.22. The lowest BCUT2D eigenvalue weighted by atomic mass is 10.1. The number of nitrogen functional groups attached to an aromatic ring is 1. The molecule has 0 saturated heterocycles. The van der Waals surface area contributed by atoms with Crippen LogP contribution in [0.1, 0.15) is 43.0 Å². The second-order valence-electron chi connectivity index (χ2n) is 5.73. The Morgan fingerprint density at radius 1 is 1.25 bits per heavy atom. The molecule has 6 heteroatoms. The number of nitrogens with one attached hydrogen (secondary N) is 1. The fourth-order valence-electron chi connectivity index (χ4n) is 2.71. The van der Waals surface area contributed by atoms with Crippen LogP contribution in [0.2, 0.25) is 0 Å². The molecule has 0 spiro atoms. The molecule has 24 heavy (non-hydrogen) atoms. The molecular weight excluding hydrogens is 306 g/mol. The van der Waals surface area contributed by atoms with Crippen molar-refractivity contribution in [3.8, 4) is 11.3 Å². The van der Waals surface area contributed by atoms with Gasteiger partial charge in [0.1, 0.15) is 23.1 Å². The van der Waals surface area contributed by atoms with Crippen LogP contribution in [0.3, 0.4) is 0 Å². The number of para-hydroxylation sites is 1. The average molecular weight is 327 g/mol. The van der Waals surface area contributed by atoms with Gasteiger partial charge >= 0.3 is 0 Å². The van der Waals surface area contributed by atoms with Gasteiger partial charge in [-0.1, -0.05) is 49.5 Å². The molecule has 2 heterocycles. The summed E-state index contributed by atoms with van der Waals surface area (Å²) in [6.45, 7) is 2.76. The van der Waals surface area contributed by atoms with Gasteiger partial charge in [-0.2, -0.15) is 0 Å². The lowest BCUT2D eigenvalue weighted by molar-refractivity contribution is 0.0954. The molecule has 1 amide bonds. The molecule has 0 aliphatic carbocycles. The van der Waals surface area contributed by atoms with E-state index in [0.717, 1.165) is 36.7 Å². The monoisotopic (exact) mass is 327 g/mol. The summed E-state index contributed by atoms with van der Waals surface area (Å²) in [5.74, 6) is -0.258. The Morgan fingerprint density at radius 3 is 2.92 bits per heavy atom. The van der Waals surface area contributed by atoms with Crippen molar-refractivity contribution in [1.82, 2.24) is 10.5 Å². The molecule has 0 radical (unpaired) electrons. The second-order valence-corrected chi connectivity index (χ2v) is 5.73. The van der Waals surface area contributed by atoms with Crippen LogP contribution in [-0.2, 0) is 0 Å². The normalized spacial score (nSPS) is 11.0. The van der Waals surface area contributed by atoms with Gasteiger partial charge in [-0.25, -0.2) is 0 Å². The molecule has 1 aromatic carbocycles. The number of hydrogen-bond donors (Lipinski definition) is 2. The number of carbonyl (C=O) groups excluding carboxylic acids is 1. The van der Waals surface area contributed by atoms with Gasteiger partial charge in [-0.3, -0.25) is 4.79 Å². The molecule has 126 valence electrons. The third kappa shape index (κ3) is 3.13. The first-order chi connectivity index (χ1) is 11.7. The highest BCUT2D eigenvalue weighted by Crippen LogP contribution is 2.33. The Balaban J connectivity index is 1.82. The van der Waals surface area contributed by atoms with Crippen molar-refractivity contribution in [3.63, 3.8) is 0 Å². The summed E-state index contributed by atoms with van der Waals surface area (Å²) < 4.78 is 10.6. The van der Waals surface area contributed by atoms with Gasteiger partial charge in [0.05, 0.1) is 5.56 Å². The largest absolute Gasteiger partial charge is 0.464 e. The lowest BCUT2D eigenvalue weighted by Crippen LogP contribution is -2.25. The number of rotatable bonds is 7. The highest BCUT2D eigenvalue weighted by Gasteiger charge is 2.24. The molecule has 0 fully saturated rings. The maximum absolute atomic E-state index is 12.5. The Labute approximate surface area is 140 Å². The molecule has 0 aliphatic rings. The van der Waals surface area contributed by atoms with Crippen molar-refractivity contribution in [1.29, 1.82) is 0 Å². The molecule has 6 nitrogen and oxygen atoms in total. The van der Waals surface area contributed by atoms with Crippen LogP contribution < -0.4 is 11.1 Å². The Morgan fingerprint density at radius 2 is 2.08 bits per heavy atom. The van der Waals surface area contributed by atoms with E-state index in [1.54, 1.807) is 6.26 Å². The van der Waals surface area contributed by atoms with Gasteiger partial charge in [0.25, 0.3) is 5.91 Å². The zero-order chi connectivity index (χ0) is 16.9. The van der Waals surface area contributed by atoms with Crippen LogP contribution in [0, 0.1) is 0 Å². The fourth-order valence-corrected chi connectivity index (χ4v) is 2.71. The standard InChI is InChI=1S/C18H21N3O3/c1-2-3-4-7-10-20-18(22)15-16(21-24-17(15)19)13-11-23-14-9-6-5-8-12(13)14/h5-6,8-9,11H,2-4,7,10,19H2,1H3,(H,20,22).